The SMILES string of the molecule is C[C@H](O)[C@H]1CCCCN1C(=O)c1cc(Cl)c[nH]1. The summed E-state index contributed by atoms with van der Waals surface area (Å²) in [6.07, 6.45) is 4.01. The second kappa shape index (κ2) is 5.10. The van der Waals surface area contributed by atoms with E-state index >= 15 is 0 Å². The Bertz CT molecular complexity index is 403. The predicted octanol–water partition coefficient (Wildman–Crippen LogP) is 2.04. The number of nitrogens with zero attached hydrogens (tertiary/aromatic N) is 1. The zero-order valence-electron chi connectivity index (χ0n) is 9.82. The number of hydrogen-bond donors (Lipinski definition) is 2. The highest BCUT2D eigenvalue weighted by Crippen LogP contribution is 2.22. The van der Waals surface area contributed by atoms with Crippen LogP contribution in [0.1, 0.15) is 36.7 Å². The molecule has 0 bridgehead atoms. The number of carbonyl (C=O) groups excluding carboxylic acids is 1. The van der Waals surface area contributed by atoms with E-state index in [4.69, 9.17) is 11.6 Å². The van der Waals surface area contributed by atoms with Gasteiger partial charge in [-0.25, -0.2) is 0 Å². The molecule has 5 heteroatoms. The molecule has 2 atom stereocenters. The zero-order chi connectivity index (χ0) is 12.4. The smallest absolute Gasteiger partial charge is 0.270 e. The predicted molar refractivity (Wildman–Crippen MR) is 66.2 cm³/mol. The van der Waals surface area contributed by atoms with Gasteiger partial charge < -0.3 is 15.0 Å². The van der Waals surface area contributed by atoms with Gasteiger partial charge in [-0.1, -0.05) is 11.6 Å². The Kier molecular flexibility index (Phi) is 3.74. The molecule has 4 nitrogen and oxygen atoms in total. The van der Waals surface area contributed by atoms with Gasteiger partial charge in [0.05, 0.1) is 17.2 Å². The van der Waals surface area contributed by atoms with E-state index in [1.807, 2.05) is 0 Å². The van der Waals surface area contributed by atoms with Crippen molar-refractivity contribution < 1.29 is 9.90 Å². The molecule has 0 spiro atoms. The maximum Gasteiger partial charge on any atom is 0.270 e. The van der Waals surface area contributed by atoms with E-state index < -0.39 is 6.10 Å². The van der Waals surface area contributed by atoms with Crippen LogP contribution in [0.3, 0.4) is 0 Å². The lowest BCUT2D eigenvalue weighted by atomic mass is 9.98. The number of aliphatic hydroxyl groups excluding tert-OH is 1. The summed E-state index contributed by atoms with van der Waals surface area (Å²) in [6.45, 7) is 2.43. The topological polar surface area (TPSA) is 56.3 Å². The standard InChI is InChI=1S/C12H17ClN2O2/c1-8(16)11-4-2-3-5-15(11)12(17)10-6-9(13)7-14-10/h6-8,11,14,16H,2-5H2,1H3/t8-,11+/m0/s1. The van der Waals surface area contributed by atoms with Gasteiger partial charge in [0, 0.05) is 12.7 Å². The Morgan fingerprint density at radius 3 is 3.00 bits per heavy atom. The summed E-state index contributed by atoms with van der Waals surface area (Å²) in [5.41, 5.74) is 0.488. The van der Waals surface area contributed by atoms with Crippen molar-refractivity contribution in [1.29, 1.82) is 0 Å². The summed E-state index contributed by atoms with van der Waals surface area (Å²) < 4.78 is 0. The number of aromatic nitrogens is 1. The van der Waals surface area contributed by atoms with Crippen molar-refractivity contribution in [3.05, 3.63) is 23.0 Å². The third kappa shape index (κ3) is 2.64. The molecular weight excluding hydrogens is 240 g/mol. The highest BCUT2D eigenvalue weighted by Gasteiger charge is 2.30. The van der Waals surface area contributed by atoms with Crippen molar-refractivity contribution >= 4 is 17.5 Å². The van der Waals surface area contributed by atoms with Crippen LogP contribution in [-0.2, 0) is 0 Å². The Hall–Kier alpha value is -1.00. The Labute approximate surface area is 106 Å². The first-order valence-corrected chi connectivity index (χ1v) is 6.30. The molecule has 0 aromatic carbocycles. The summed E-state index contributed by atoms with van der Waals surface area (Å²) in [5, 5.41) is 10.2. The van der Waals surface area contributed by atoms with Crippen molar-refractivity contribution in [3.8, 4) is 0 Å². The molecule has 0 aliphatic carbocycles. The fourth-order valence-electron chi connectivity index (χ4n) is 2.36. The van der Waals surface area contributed by atoms with Crippen LogP contribution in [0.15, 0.2) is 12.3 Å². The first kappa shape index (κ1) is 12.5. The summed E-state index contributed by atoms with van der Waals surface area (Å²) in [4.78, 5) is 16.9. The van der Waals surface area contributed by atoms with Crippen LogP contribution >= 0.6 is 11.6 Å². The van der Waals surface area contributed by atoms with Gasteiger partial charge in [-0.3, -0.25) is 4.79 Å². The van der Waals surface area contributed by atoms with E-state index in [1.54, 1.807) is 24.1 Å². The molecule has 0 saturated carbocycles. The van der Waals surface area contributed by atoms with Crippen LogP contribution in [0.4, 0.5) is 0 Å². The van der Waals surface area contributed by atoms with Gasteiger partial charge in [0.25, 0.3) is 5.91 Å². The molecule has 2 rings (SSSR count). The number of aliphatic hydroxyl groups is 1. The van der Waals surface area contributed by atoms with Gasteiger partial charge in [0.15, 0.2) is 0 Å². The molecular formula is C12H17ClN2O2. The molecule has 94 valence electrons. The summed E-state index contributed by atoms with van der Waals surface area (Å²) in [5.74, 6) is -0.0810. The minimum Gasteiger partial charge on any atom is -0.391 e. The average Bonchev–Trinajstić information content (AvgIpc) is 2.75. The van der Waals surface area contributed by atoms with Gasteiger partial charge in [-0.05, 0) is 32.3 Å². The number of amides is 1. The fraction of sp³-hybridized carbons (Fsp3) is 0.583. The maximum absolute atomic E-state index is 12.3. The van der Waals surface area contributed by atoms with Gasteiger partial charge in [-0.15, -0.1) is 0 Å². The summed E-state index contributed by atoms with van der Waals surface area (Å²) >= 11 is 5.79. The monoisotopic (exact) mass is 256 g/mol. The van der Waals surface area contributed by atoms with Gasteiger partial charge in [0.2, 0.25) is 0 Å². The molecule has 1 amide bonds. The highest BCUT2D eigenvalue weighted by atomic mass is 35.5. The van der Waals surface area contributed by atoms with Gasteiger partial charge >= 0.3 is 0 Å². The maximum atomic E-state index is 12.3. The van der Waals surface area contributed by atoms with Crippen molar-refractivity contribution in [2.75, 3.05) is 6.54 Å². The lowest BCUT2D eigenvalue weighted by molar-refractivity contribution is 0.0277. The second-order valence-electron chi connectivity index (χ2n) is 4.53. The molecule has 2 N–H and O–H groups in total. The Morgan fingerprint density at radius 2 is 2.41 bits per heavy atom. The number of carbonyl (C=O) groups is 1. The van der Waals surface area contributed by atoms with Crippen molar-refractivity contribution in [3.63, 3.8) is 0 Å². The zero-order valence-corrected chi connectivity index (χ0v) is 10.6. The number of nitrogens with one attached hydrogen (secondary N) is 1. The van der Waals surface area contributed by atoms with Gasteiger partial charge in [-0.2, -0.15) is 0 Å². The van der Waals surface area contributed by atoms with E-state index in [1.165, 1.54) is 0 Å². The molecule has 1 aliphatic heterocycles. The van der Waals surface area contributed by atoms with E-state index in [2.05, 4.69) is 4.98 Å². The summed E-state index contributed by atoms with van der Waals surface area (Å²) in [6, 6.07) is 1.54. The molecule has 0 unspecified atom stereocenters. The van der Waals surface area contributed by atoms with Crippen molar-refractivity contribution in [2.45, 2.75) is 38.3 Å². The van der Waals surface area contributed by atoms with Crippen LogP contribution in [0.5, 0.6) is 0 Å². The first-order valence-electron chi connectivity index (χ1n) is 5.92. The van der Waals surface area contributed by atoms with Gasteiger partial charge in [0.1, 0.15) is 5.69 Å². The van der Waals surface area contributed by atoms with Crippen LogP contribution in [-0.4, -0.2) is 39.6 Å². The number of hydrogen-bond acceptors (Lipinski definition) is 2. The van der Waals surface area contributed by atoms with E-state index in [0.29, 0.717) is 17.3 Å². The molecule has 1 aromatic rings. The minimum absolute atomic E-state index is 0.0810. The third-order valence-corrected chi connectivity index (χ3v) is 3.46. The first-order chi connectivity index (χ1) is 8.09. The molecule has 0 radical (unpaired) electrons. The van der Waals surface area contributed by atoms with Crippen molar-refractivity contribution in [2.24, 2.45) is 0 Å². The number of rotatable bonds is 2. The van der Waals surface area contributed by atoms with E-state index in [-0.39, 0.29) is 11.9 Å². The number of likely N-dealkylation sites (tertiary alicyclic amines) is 1. The molecule has 2 heterocycles. The number of piperidine rings is 1. The quantitative estimate of drug-likeness (QED) is 0.851. The fourth-order valence-corrected chi connectivity index (χ4v) is 2.52. The second-order valence-corrected chi connectivity index (χ2v) is 4.97. The minimum atomic E-state index is -0.496. The molecule has 1 saturated heterocycles. The average molecular weight is 257 g/mol. The normalized spacial score (nSPS) is 22.5. The Morgan fingerprint density at radius 1 is 1.65 bits per heavy atom. The molecule has 1 aromatic heterocycles. The number of aromatic amines is 1. The van der Waals surface area contributed by atoms with Crippen molar-refractivity contribution in [1.82, 2.24) is 9.88 Å². The van der Waals surface area contributed by atoms with E-state index in [0.717, 1.165) is 19.3 Å². The number of halogens is 1. The third-order valence-electron chi connectivity index (χ3n) is 3.25. The molecule has 1 aliphatic rings. The lowest BCUT2D eigenvalue weighted by Gasteiger charge is -2.37. The van der Waals surface area contributed by atoms with Crippen LogP contribution in [0.25, 0.3) is 0 Å². The molecule has 17 heavy (non-hydrogen) atoms. The highest BCUT2D eigenvalue weighted by molar-refractivity contribution is 6.30. The van der Waals surface area contributed by atoms with Crippen LogP contribution < -0.4 is 0 Å². The Balaban J connectivity index is 2.16. The van der Waals surface area contributed by atoms with Crippen LogP contribution in [0, 0.1) is 0 Å². The van der Waals surface area contributed by atoms with E-state index in [9.17, 15) is 9.90 Å². The summed E-state index contributed by atoms with van der Waals surface area (Å²) in [7, 11) is 0. The lowest BCUT2D eigenvalue weighted by Crippen LogP contribution is -2.49. The van der Waals surface area contributed by atoms with Crippen LogP contribution in [0.2, 0.25) is 5.02 Å². The largest absolute Gasteiger partial charge is 0.391 e. The molecule has 1 fully saturated rings. The number of H-pyrrole nitrogens is 1.